The summed E-state index contributed by atoms with van der Waals surface area (Å²) in [5.41, 5.74) is 4.70. The first-order valence-electron chi connectivity index (χ1n) is 4.17. The maximum atomic E-state index is 13.7. The number of aromatic nitrogens is 1. The Morgan fingerprint density at radius 2 is 1.88 bits per heavy atom. The van der Waals surface area contributed by atoms with E-state index in [0.717, 1.165) is 6.20 Å². The molecule has 2 rings (SSSR count). The first-order valence-corrected chi connectivity index (χ1v) is 5.34. The molecule has 90 valence electrons. The van der Waals surface area contributed by atoms with Gasteiger partial charge in [0.15, 0.2) is 17.5 Å². The summed E-state index contributed by atoms with van der Waals surface area (Å²) in [5, 5.41) is 2.67. The Labute approximate surface area is 106 Å². The highest BCUT2D eigenvalue weighted by Gasteiger charge is 2.26. The van der Waals surface area contributed by atoms with E-state index in [2.05, 4.69) is 25.6 Å². The second-order valence-electron chi connectivity index (χ2n) is 3.05. The molecule has 2 aromatic rings. The van der Waals surface area contributed by atoms with Crippen molar-refractivity contribution >= 4 is 33.4 Å². The fourth-order valence-electron chi connectivity index (χ4n) is 1.28. The van der Waals surface area contributed by atoms with Crippen molar-refractivity contribution in [3.8, 4) is 11.1 Å². The van der Waals surface area contributed by atoms with Crippen LogP contribution >= 0.6 is 27.5 Å². The van der Waals surface area contributed by atoms with Crippen molar-refractivity contribution in [1.29, 1.82) is 0 Å². The second-order valence-corrected chi connectivity index (χ2v) is 4.22. The molecule has 1 aromatic carbocycles. The van der Waals surface area contributed by atoms with Gasteiger partial charge in [-0.1, -0.05) is 16.8 Å². The number of anilines is 1. The lowest BCUT2D eigenvalue weighted by Crippen LogP contribution is -1.98. The van der Waals surface area contributed by atoms with Gasteiger partial charge in [0.2, 0.25) is 5.88 Å². The van der Waals surface area contributed by atoms with Crippen LogP contribution < -0.4 is 5.73 Å². The number of nitrogen functional groups attached to an aromatic ring is 1. The summed E-state index contributed by atoms with van der Waals surface area (Å²) in [5.74, 6) is -4.14. The van der Waals surface area contributed by atoms with E-state index < -0.39 is 32.5 Å². The molecule has 17 heavy (non-hydrogen) atoms. The fraction of sp³-hybridized carbons (Fsp3) is 0. The van der Waals surface area contributed by atoms with Crippen molar-refractivity contribution in [2.24, 2.45) is 0 Å². The molecule has 1 aromatic heterocycles. The molecule has 0 aliphatic rings. The summed E-state index contributed by atoms with van der Waals surface area (Å²) in [7, 11) is 0. The molecule has 8 heteroatoms. The summed E-state index contributed by atoms with van der Waals surface area (Å²) >= 11 is 8.15. The Kier molecular flexibility index (Phi) is 3.05. The molecule has 0 saturated heterocycles. The third-order valence-electron chi connectivity index (χ3n) is 2.08. The van der Waals surface area contributed by atoms with E-state index in [4.69, 9.17) is 17.3 Å². The van der Waals surface area contributed by atoms with E-state index in [9.17, 15) is 13.2 Å². The van der Waals surface area contributed by atoms with Gasteiger partial charge in [0.25, 0.3) is 0 Å². The molecule has 0 amide bonds. The highest BCUT2D eigenvalue weighted by Crippen LogP contribution is 2.40. The normalized spacial score (nSPS) is 10.9. The Bertz CT molecular complexity index is 573. The SMILES string of the molecule is Nc1oncc1-c1c(F)c(F)c(Br)c(F)c1Cl. The fourth-order valence-corrected chi connectivity index (χ4v) is 2.04. The molecule has 1 heterocycles. The van der Waals surface area contributed by atoms with Crippen molar-refractivity contribution in [3.05, 3.63) is 33.1 Å². The van der Waals surface area contributed by atoms with Gasteiger partial charge in [-0.2, -0.15) is 0 Å². The molecular weight excluding hydrogens is 324 g/mol. The molecule has 0 bridgehead atoms. The summed E-state index contributed by atoms with van der Waals surface area (Å²) in [6.45, 7) is 0. The average molecular weight is 327 g/mol. The molecule has 0 aliphatic carbocycles. The van der Waals surface area contributed by atoms with E-state index >= 15 is 0 Å². The van der Waals surface area contributed by atoms with E-state index in [1.165, 1.54) is 0 Å². The number of hydrogen-bond donors (Lipinski definition) is 1. The number of rotatable bonds is 1. The van der Waals surface area contributed by atoms with Crippen LogP contribution in [-0.4, -0.2) is 5.16 Å². The Balaban J connectivity index is 2.84. The Morgan fingerprint density at radius 3 is 2.41 bits per heavy atom. The Hall–Kier alpha value is -1.21. The van der Waals surface area contributed by atoms with Crippen LogP contribution in [0.15, 0.2) is 15.2 Å². The van der Waals surface area contributed by atoms with Crippen molar-refractivity contribution in [2.45, 2.75) is 0 Å². The van der Waals surface area contributed by atoms with E-state index in [0.29, 0.717) is 0 Å². The van der Waals surface area contributed by atoms with Crippen molar-refractivity contribution in [1.82, 2.24) is 5.16 Å². The molecule has 3 nitrogen and oxygen atoms in total. The van der Waals surface area contributed by atoms with Gasteiger partial charge in [0.05, 0.1) is 21.3 Å². The average Bonchev–Trinajstić information content (AvgIpc) is 2.71. The first-order chi connectivity index (χ1) is 7.95. The van der Waals surface area contributed by atoms with E-state index in [1.807, 2.05) is 0 Å². The lowest BCUT2D eigenvalue weighted by molar-refractivity contribution is 0.436. The maximum Gasteiger partial charge on any atom is 0.230 e. The minimum absolute atomic E-state index is 0.113. The first kappa shape index (κ1) is 12.3. The highest BCUT2D eigenvalue weighted by atomic mass is 79.9. The number of halogens is 5. The maximum absolute atomic E-state index is 13.7. The quantitative estimate of drug-likeness (QED) is 0.641. The van der Waals surface area contributed by atoms with E-state index in [1.54, 1.807) is 0 Å². The largest absolute Gasteiger partial charge is 0.367 e. The van der Waals surface area contributed by atoms with Gasteiger partial charge in [0.1, 0.15) is 0 Å². The van der Waals surface area contributed by atoms with E-state index in [-0.39, 0.29) is 11.4 Å². The van der Waals surface area contributed by atoms with Crippen LogP contribution in [0, 0.1) is 17.5 Å². The molecule has 0 aliphatic heterocycles. The van der Waals surface area contributed by atoms with Gasteiger partial charge >= 0.3 is 0 Å². The molecule has 0 fully saturated rings. The predicted octanol–water partition coefficient (Wildman–Crippen LogP) is 3.76. The molecule has 0 saturated carbocycles. The number of benzene rings is 1. The monoisotopic (exact) mass is 326 g/mol. The lowest BCUT2D eigenvalue weighted by Gasteiger charge is -2.08. The summed E-state index contributed by atoms with van der Waals surface area (Å²) in [6, 6.07) is 0. The van der Waals surface area contributed by atoms with Crippen LogP contribution in [-0.2, 0) is 0 Å². The zero-order valence-corrected chi connectivity index (χ0v) is 10.2. The highest BCUT2D eigenvalue weighted by molar-refractivity contribution is 9.10. The number of hydrogen-bond acceptors (Lipinski definition) is 3. The molecule has 2 N–H and O–H groups in total. The lowest BCUT2D eigenvalue weighted by atomic mass is 10.1. The van der Waals surface area contributed by atoms with Gasteiger partial charge < -0.3 is 10.3 Å². The van der Waals surface area contributed by atoms with Gasteiger partial charge in [-0.25, -0.2) is 13.2 Å². The van der Waals surface area contributed by atoms with Crippen LogP contribution in [0.5, 0.6) is 0 Å². The predicted molar refractivity (Wildman–Crippen MR) is 58.9 cm³/mol. The number of nitrogens with zero attached hydrogens (tertiary/aromatic N) is 1. The van der Waals surface area contributed by atoms with Crippen LogP contribution in [0.4, 0.5) is 19.1 Å². The van der Waals surface area contributed by atoms with Crippen molar-refractivity contribution < 1.29 is 17.7 Å². The van der Waals surface area contributed by atoms with Gasteiger partial charge in [-0.05, 0) is 15.9 Å². The molecular formula is C9H3BrClF3N2O. The zero-order chi connectivity index (χ0) is 12.7. The summed E-state index contributed by atoms with van der Waals surface area (Å²) in [6.07, 6.45) is 1.02. The minimum atomic E-state index is -1.40. The standard InChI is InChI=1S/C9H3BrClF3N2O/c10-4-7(13)5(11)3(6(12)8(4)14)2-1-16-17-9(2)15/h1H,15H2. The van der Waals surface area contributed by atoms with Gasteiger partial charge in [-0.3, -0.25) is 0 Å². The van der Waals surface area contributed by atoms with Crippen LogP contribution in [0.3, 0.4) is 0 Å². The minimum Gasteiger partial charge on any atom is -0.367 e. The third-order valence-corrected chi connectivity index (χ3v) is 3.13. The second kappa shape index (κ2) is 4.23. The van der Waals surface area contributed by atoms with Gasteiger partial charge in [-0.15, -0.1) is 0 Å². The van der Waals surface area contributed by atoms with Crippen LogP contribution in [0.2, 0.25) is 5.02 Å². The number of nitrogens with two attached hydrogens (primary N) is 1. The molecule has 0 spiro atoms. The Morgan fingerprint density at radius 1 is 1.24 bits per heavy atom. The molecule has 0 unspecified atom stereocenters. The summed E-state index contributed by atoms with van der Waals surface area (Å²) in [4.78, 5) is 0. The third kappa shape index (κ3) is 1.79. The molecule has 0 atom stereocenters. The van der Waals surface area contributed by atoms with Crippen molar-refractivity contribution in [2.75, 3.05) is 5.73 Å². The smallest absolute Gasteiger partial charge is 0.230 e. The van der Waals surface area contributed by atoms with Crippen LogP contribution in [0.1, 0.15) is 0 Å². The zero-order valence-electron chi connectivity index (χ0n) is 7.90. The van der Waals surface area contributed by atoms with Crippen LogP contribution in [0.25, 0.3) is 11.1 Å². The van der Waals surface area contributed by atoms with Gasteiger partial charge in [0, 0.05) is 5.56 Å². The molecule has 0 radical (unpaired) electrons. The topological polar surface area (TPSA) is 52.0 Å². The van der Waals surface area contributed by atoms with Crippen molar-refractivity contribution in [3.63, 3.8) is 0 Å². The summed E-state index contributed by atoms with van der Waals surface area (Å²) < 4.78 is 44.3.